The second-order valence-electron chi connectivity index (χ2n) is 6.45. The number of methoxy groups -OCH3 is 1. The Kier molecular flexibility index (Phi) is 9.10. The molecule has 2 aromatic rings. The maximum Gasteiger partial charge on any atom is 0.243 e. The molecule has 0 aromatic heterocycles. The molecule has 0 spiro atoms. The van der Waals surface area contributed by atoms with Gasteiger partial charge in [-0.1, -0.05) is 25.4 Å². The van der Waals surface area contributed by atoms with E-state index in [0.29, 0.717) is 42.6 Å². The number of amides is 1. The molecular weight excluding hydrogens is 428 g/mol. The van der Waals surface area contributed by atoms with E-state index in [1.165, 1.54) is 22.5 Å². The smallest absolute Gasteiger partial charge is 0.243 e. The molecule has 0 atom stereocenters. The van der Waals surface area contributed by atoms with Crippen molar-refractivity contribution in [1.82, 2.24) is 4.31 Å². The quantitative estimate of drug-likeness (QED) is 0.504. The molecule has 2 rings (SSSR count). The fraction of sp³-hybridized carbons (Fsp3) is 0.381. The lowest BCUT2D eigenvalue weighted by Crippen LogP contribution is -2.30. The fourth-order valence-electron chi connectivity index (χ4n) is 2.79. The zero-order valence-corrected chi connectivity index (χ0v) is 18.9. The van der Waals surface area contributed by atoms with Gasteiger partial charge in [-0.3, -0.25) is 4.79 Å². The second kappa shape index (κ2) is 11.3. The summed E-state index contributed by atoms with van der Waals surface area (Å²) >= 11 is 5.91. The number of halogens is 1. The van der Waals surface area contributed by atoms with E-state index < -0.39 is 10.0 Å². The standard InChI is InChI=1S/C21H27ClN2O5S/c1-4-24(5-2)30(26,27)18-12-13-20(29-17-10-8-16(22)9-11-17)19(15-18)23-21(25)7-6-14-28-3/h8-13,15H,4-7,14H2,1-3H3,(H,23,25). The minimum absolute atomic E-state index is 0.0850. The van der Waals surface area contributed by atoms with Crippen molar-refractivity contribution >= 4 is 33.2 Å². The first kappa shape index (κ1) is 24.1. The number of hydrogen-bond acceptors (Lipinski definition) is 5. The van der Waals surface area contributed by atoms with Crippen LogP contribution in [0.1, 0.15) is 26.7 Å². The van der Waals surface area contributed by atoms with Crippen LogP contribution in [-0.2, 0) is 19.6 Å². The van der Waals surface area contributed by atoms with Crippen molar-refractivity contribution in [3.63, 3.8) is 0 Å². The summed E-state index contributed by atoms with van der Waals surface area (Å²) in [5.74, 6) is 0.579. The highest BCUT2D eigenvalue weighted by atomic mass is 35.5. The molecule has 0 unspecified atom stereocenters. The monoisotopic (exact) mass is 454 g/mol. The lowest BCUT2D eigenvalue weighted by Gasteiger charge is -2.20. The van der Waals surface area contributed by atoms with E-state index >= 15 is 0 Å². The molecule has 1 N–H and O–H groups in total. The summed E-state index contributed by atoms with van der Waals surface area (Å²) in [5, 5.41) is 3.32. The number of nitrogens with one attached hydrogen (secondary N) is 1. The number of ether oxygens (including phenoxy) is 2. The van der Waals surface area contributed by atoms with Crippen LogP contribution in [0, 0.1) is 0 Å². The van der Waals surface area contributed by atoms with Crippen molar-refractivity contribution in [1.29, 1.82) is 0 Å². The summed E-state index contributed by atoms with van der Waals surface area (Å²) in [5.41, 5.74) is 0.278. The van der Waals surface area contributed by atoms with Crippen LogP contribution in [-0.4, -0.2) is 45.4 Å². The van der Waals surface area contributed by atoms with Gasteiger partial charge in [-0.2, -0.15) is 4.31 Å². The van der Waals surface area contributed by atoms with E-state index in [9.17, 15) is 13.2 Å². The highest BCUT2D eigenvalue weighted by Crippen LogP contribution is 2.33. The van der Waals surface area contributed by atoms with E-state index in [1.807, 2.05) is 0 Å². The number of rotatable bonds is 11. The average Bonchev–Trinajstić information content (AvgIpc) is 2.71. The number of nitrogens with zero attached hydrogens (tertiary/aromatic N) is 1. The van der Waals surface area contributed by atoms with Crippen LogP contribution in [0.4, 0.5) is 5.69 Å². The summed E-state index contributed by atoms with van der Waals surface area (Å²) in [6.07, 6.45) is 0.786. The number of anilines is 1. The Hall–Kier alpha value is -2.13. The van der Waals surface area contributed by atoms with Gasteiger partial charge in [-0.05, 0) is 48.9 Å². The van der Waals surface area contributed by atoms with Gasteiger partial charge in [0, 0.05) is 38.2 Å². The average molecular weight is 455 g/mol. The van der Waals surface area contributed by atoms with Gasteiger partial charge in [0.25, 0.3) is 0 Å². The van der Waals surface area contributed by atoms with Gasteiger partial charge in [0.1, 0.15) is 5.75 Å². The topological polar surface area (TPSA) is 84.9 Å². The molecule has 1 amide bonds. The summed E-state index contributed by atoms with van der Waals surface area (Å²) in [6.45, 7) is 4.70. The summed E-state index contributed by atoms with van der Waals surface area (Å²) in [4.78, 5) is 12.4. The molecule has 0 fully saturated rings. The zero-order valence-electron chi connectivity index (χ0n) is 17.4. The normalized spacial score (nSPS) is 11.5. The fourth-order valence-corrected chi connectivity index (χ4v) is 4.40. The minimum Gasteiger partial charge on any atom is -0.455 e. The first-order chi connectivity index (χ1) is 14.3. The Morgan fingerprint density at radius 3 is 2.37 bits per heavy atom. The lowest BCUT2D eigenvalue weighted by molar-refractivity contribution is -0.116. The van der Waals surface area contributed by atoms with Crippen molar-refractivity contribution in [3.05, 3.63) is 47.5 Å². The first-order valence-electron chi connectivity index (χ1n) is 9.68. The third-order valence-electron chi connectivity index (χ3n) is 4.36. The van der Waals surface area contributed by atoms with Crippen molar-refractivity contribution in [2.75, 3.05) is 32.1 Å². The number of sulfonamides is 1. The van der Waals surface area contributed by atoms with E-state index in [4.69, 9.17) is 21.1 Å². The molecule has 9 heteroatoms. The van der Waals surface area contributed by atoms with E-state index in [-0.39, 0.29) is 22.9 Å². The highest BCUT2D eigenvalue weighted by molar-refractivity contribution is 7.89. The zero-order chi connectivity index (χ0) is 22.1. The number of carbonyl (C=O) groups excluding carboxylic acids is 1. The van der Waals surface area contributed by atoms with Crippen LogP contribution in [0.3, 0.4) is 0 Å². The number of benzene rings is 2. The van der Waals surface area contributed by atoms with Crippen molar-refractivity contribution in [3.8, 4) is 11.5 Å². The largest absolute Gasteiger partial charge is 0.455 e. The second-order valence-corrected chi connectivity index (χ2v) is 8.82. The highest BCUT2D eigenvalue weighted by Gasteiger charge is 2.23. The molecule has 0 bridgehead atoms. The Balaban J connectivity index is 2.37. The van der Waals surface area contributed by atoms with E-state index in [0.717, 1.165) is 0 Å². The SMILES string of the molecule is CCN(CC)S(=O)(=O)c1ccc(Oc2ccc(Cl)cc2)c(NC(=O)CCCOC)c1. The van der Waals surface area contributed by atoms with Crippen molar-refractivity contribution < 1.29 is 22.7 Å². The molecule has 0 radical (unpaired) electrons. The van der Waals surface area contributed by atoms with Crippen LogP contribution >= 0.6 is 11.6 Å². The third-order valence-corrected chi connectivity index (χ3v) is 6.66. The molecule has 0 aliphatic heterocycles. The Bertz CT molecular complexity index is 944. The van der Waals surface area contributed by atoms with Gasteiger partial charge >= 0.3 is 0 Å². The van der Waals surface area contributed by atoms with Crippen molar-refractivity contribution in [2.45, 2.75) is 31.6 Å². The van der Waals surface area contributed by atoms with Crippen LogP contribution in [0.15, 0.2) is 47.4 Å². The Morgan fingerprint density at radius 1 is 1.10 bits per heavy atom. The molecule has 0 aliphatic carbocycles. The predicted octanol–water partition coefficient (Wildman–Crippen LogP) is 4.53. The van der Waals surface area contributed by atoms with E-state index in [2.05, 4.69) is 5.32 Å². The Labute approximate surface area is 183 Å². The van der Waals surface area contributed by atoms with Gasteiger partial charge in [-0.15, -0.1) is 0 Å². The molecule has 30 heavy (non-hydrogen) atoms. The Morgan fingerprint density at radius 2 is 1.77 bits per heavy atom. The van der Waals surface area contributed by atoms with Crippen LogP contribution < -0.4 is 10.1 Å². The van der Waals surface area contributed by atoms with Gasteiger partial charge in [0.2, 0.25) is 15.9 Å². The number of carbonyl (C=O) groups is 1. The molecular formula is C21H27ClN2O5S. The van der Waals surface area contributed by atoms with Gasteiger partial charge in [-0.25, -0.2) is 8.42 Å². The molecule has 0 saturated heterocycles. The molecule has 2 aromatic carbocycles. The maximum atomic E-state index is 12.9. The van der Waals surface area contributed by atoms with E-state index in [1.54, 1.807) is 45.2 Å². The lowest BCUT2D eigenvalue weighted by atomic mass is 10.2. The van der Waals surface area contributed by atoms with Gasteiger partial charge < -0.3 is 14.8 Å². The van der Waals surface area contributed by atoms with Crippen molar-refractivity contribution in [2.24, 2.45) is 0 Å². The van der Waals surface area contributed by atoms with Gasteiger partial charge in [0.05, 0.1) is 10.6 Å². The first-order valence-corrected chi connectivity index (χ1v) is 11.5. The van der Waals surface area contributed by atoms with Crippen LogP contribution in [0.2, 0.25) is 5.02 Å². The number of hydrogen-bond donors (Lipinski definition) is 1. The summed E-state index contributed by atoms with van der Waals surface area (Å²) < 4.78 is 38.0. The summed E-state index contributed by atoms with van der Waals surface area (Å²) in [7, 11) is -2.12. The predicted molar refractivity (Wildman–Crippen MR) is 118 cm³/mol. The molecule has 0 aliphatic rings. The molecule has 0 saturated carbocycles. The van der Waals surface area contributed by atoms with Gasteiger partial charge in [0.15, 0.2) is 5.75 Å². The third kappa shape index (κ3) is 6.43. The maximum absolute atomic E-state index is 12.9. The summed E-state index contributed by atoms with van der Waals surface area (Å²) in [6, 6.07) is 11.2. The molecule has 0 heterocycles. The van der Waals surface area contributed by atoms with Crippen LogP contribution in [0.25, 0.3) is 0 Å². The van der Waals surface area contributed by atoms with Crippen LogP contribution in [0.5, 0.6) is 11.5 Å². The molecule has 7 nitrogen and oxygen atoms in total. The minimum atomic E-state index is -3.69. The molecule has 164 valence electrons.